The number of ether oxygens (including phenoxy) is 2. The maximum absolute atomic E-state index is 13.4. The standard InChI is InChI=1S/C31H42N4O6/c1-3-5-16-32-30(38)40-20-18-34(19-21-41-31(39)33-17-6-4-2)23-25(22-24-12-8-7-9-13-24)35-28(36)26-14-10-11-15-27(26)29(35)37/h7-15,25H,3-6,16-23H2,1-2H3,(H,32,38)(H,33,39). The minimum atomic E-state index is -0.499. The quantitative estimate of drug-likeness (QED) is 0.217. The van der Waals surface area contributed by atoms with Crippen LogP contribution in [0.5, 0.6) is 0 Å². The van der Waals surface area contributed by atoms with Gasteiger partial charge in [-0.1, -0.05) is 69.2 Å². The number of fused-ring (bicyclic) bond motifs is 1. The van der Waals surface area contributed by atoms with E-state index in [0.29, 0.717) is 50.3 Å². The third-order valence-corrected chi connectivity index (χ3v) is 6.85. The summed E-state index contributed by atoms with van der Waals surface area (Å²) in [6, 6.07) is 16.0. The monoisotopic (exact) mass is 566 g/mol. The van der Waals surface area contributed by atoms with E-state index in [2.05, 4.69) is 10.6 Å². The molecule has 0 bridgehead atoms. The maximum atomic E-state index is 13.4. The highest BCUT2D eigenvalue weighted by atomic mass is 16.6. The predicted molar refractivity (Wildman–Crippen MR) is 156 cm³/mol. The zero-order chi connectivity index (χ0) is 29.5. The van der Waals surface area contributed by atoms with Crippen molar-refractivity contribution in [2.45, 2.75) is 52.0 Å². The van der Waals surface area contributed by atoms with Gasteiger partial charge in [-0.25, -0.2) is 9.59 Å². The number of hydrogen-bond donors (Lipinski definition) is 2. The van der Waals surface area contributed by atoms with Gasteiger partial charge in [0.15, 0.2) is 0 Å². The van der Waals surface area contributed by atoms with Crippen molar-refractivity contribution in [3.8, 4) is 0 Å². The number of nitrogens with zero attached hydrogens (tertiary/aromatic N) is 2. The number of rotatable bonds is 17. The molecule has 0 aromatic heterocycles. The summed E-state index contributed by atoms with van der Waals surface area (Å²) in [5.74, 6) is -0.658. The molecule has 0 aliphatic carbocycles. The van der Waals surface area contributed by atoms with Gasteiger partial charge >= 0.3 is 12.2 Å². The zero-order valence-electron chi connectivity index (χ0n) is 24.1. The molecule has 1 aliphatic heterocycles. The fourth-order valence-corrected chi connectivity index (χ4v) is 4.63. The van der Waals surface area contributed by atoms with Crippen LogP contribution in [-0.4, -0.2) is 85.8 Å². The summed E-state index contributed by atoms with van der Waals surface area (Å²) in [6.07, 6.45) is 3.10. The number of alkyl carbamates (subject to hydrolysis) is 2. The van der Waals surface area contributed by atoms with E-state index in [-0.39, 0.29) is 25.0 Å². The Morgan fingerprint density at radius 2 is 1.27 bits per heavy atom. The maximum Gasteiger partial charge on any atom is 0.407 e. The fraction of sp³-hybridized carbons (Fsp3) is 0.484. The highest BCUT2D eigenvalue weighted by Crippen LogP contribution is 2.26. The number of benzene rings is 2. The lowest BCUT2D eigenvalue weighted by molar-refractivity contribution is 0.0514. The molecule has 0 spiro atoms. The average molecular weight is 567 g/mol. The second kappa shape index (κ2) is 17.0. The summed E-state index contributed by atoms with van der Waals surface area (Å²) in [4.78, 5) is 54.3. The molecule has 41 heavy (non-hydrogen) atoms. The van der Waals surface area contributed by atoms with E-state index in [1.807, 2.05) is 49.1 Å². The third kappa shape index (κ3) is 9.89. The van der Waals surface area contributed by atoms with Crippen molar-refractivity contribution in [1.82, 2.24) is 20.4 Å². The Morgan fingerprint density at radius 1 is 0.780 bits per heavy atom. The minimum Gasteiger partial charge on any atom is -0.448 e. The van der Waals surface area contributed by atoms with E-state index in [1.165, 1.54) is 4.90 Å². The molecule has 0 saturated heterocycles. The number of hydrogen-bond acceptors (Lipinski definition) is 7. The topological polar surface area (TPSA) is 117 Å². The molecule has 2 aromatic rings. The first-order valence-corrected chi connectivity index (χ1v) is 14.5. The van der Waals surface area contributed by atoms with E-state index in [9.17, 15) is 19.2 Å². The molecule has 1 atom stereocenters. The Kier molecular flexibility index (Phi) is 13.1. The molecule has 1 aliphatic rings. The molecular formula is C31H42N4O6. The summed E-state index contributed by atoms with van der Waals surface area (Å²) in [5, 5.41) is 5.45. The van der Waals surface area contributed by atoms with Gasteiger partial charge in [-0.2, -0.15) is 0 Å². The van der Waals surface area contributed by atoms with Gasteiger partial charge in [-0.3, -0.25) is 19.4 Å². The Labute approximate surface area is 242 Å². The van der Waals surface area contributed by atoms with Crippen LogP contribution in [0.3, 0.4) is 0 Å². The van der Waals surface area contributed by atoms with Crippen molar-refractivity contribution in [1.29, 1.82) is 0 Å². The van der Waals surface area contributed by atoms with Crippen molar-refractivity contribution in [2.75, 3.05) is 45.9 Å². The van der Waals surface area contributed by atoms with Gasteiger partial charge in [0.2, 0.25) is 0 Å². The second-order valence-electron chi connectivity index (χ2n) is 10.0. The largest absolute Gasteiger partial charge is 0.448 e. The highest BCUT2D eigenvalue weighted by molar-refractivity contribution is 6.21. The van der Waals surface area contributed by atoms with Gasteiger partial charge < -0.3 is 20.1 Å². The molecule has 10 nitrogen and oxygen atoms in total. The van der Waals surface area contributed by atoms with Gasteiger partial charge in [0.25, 0.3) is 11.8 Å². The summed E-state index contributed by atoms with van der Waals surface area (Å²) in [7, 11) is 0. The molecule has 0 fully saturated rings. The molecule has 1 unspecified atom stereocenters. The van der Waals surface area contributed by atoms with Crippen molar-refractivity contribution in [3.63, 3.8) is 0 Å². The molecule has 2 N–H and O–H groups in total. The van der Waals surface area contributed by atoms with Gasteiger partial charge in [-0.15, -0.1) is 0 Å². The van der Waals surface area contributed by atoms with Crippen molar-refractivity contribution in [2.24, 2.45) is 0 Å². The Hall–Kier alpha value is -3.92. The van der Waals surface area contributed by atoms with Gasteiger partial charge in [0.1, 0.15) is 13.2 Å². The van der Waals surface area contributed by atoms with E-state index in [1.54, 1.807) is 24.3 Å². The minimum absolute atomic E-state index is 0.0980. The first-order valence-electron chi connectivity index (χ1n) is 14.5. The molecule has 1 heterocycles. The first-order chi connectivity index (χ1) is 19.9. The number of nitrogens with one attached hydrogen (secondary N) is 2. The molecule has 4 amide bonds. The predicted octanol–water partition coefficient (Wildman–Crippen LogP) is 4.25. The number of carbonyl (C=O) groups is 4. The SMILES string of the molecule is CCCCNC(=O)OCCN(CCOC(=O)NCCCC)CC(Cc1ccccc1)N1C(=O)c2ccccc2C1=O. The van der Waals surface area contributed by atoms with Crippen LogP contribution in [0.15, 0.2) is 54.6 Å². The normalized spacial score (nSPS) is 13.2. The Morgan fingerprint density at radius 3 is 1.76 bits per heavy atom. The number of unbranched alkanes of at least 4 members (excludes halogenated alkanes) is 2. The van der Waals surface area contributed by atoms with Crippen LogP contribution in [-0.2, 0) is 15.9 Å². The molecule has 0 radical (unpaired) electrons. The third-order valence-electron chi connectivity index (χ3n) is 6.85. The zero-order valence-corrected chi connectivity index (χ0v) is 24.1. The summed E-state index contributed by atoms with van der Waals surface area (Å²) in [6.45, 7) is 6.32. The van der Waals surface area contributed by atoms with Crippen LogP contribution < -0.4 is 10.6 Å². The highest BCUT2D eigenvalue weighted by Gasteiger charge is 2.40. The summed E-state index contributed by atoms with van der Waals surface area (Å²) >= 11 is 0. The van der Waals surface area contributed by atoms with Crippen molar-refractivity contribution >= 4 is 24.0 Å². The molecule has 10 heteroatoms. The van der Waals surface area contributed by atoms with Crippen LogP contribution in [0.25, 0.3) is 0 Å². The Bertz CT molecular complexity index is 1080. The van der Waals surface area contributed by atoms with Crippen LogP contribution in [0.1, 0.15) is 65.8 Å². The lowest BCUT2D eigenvalue weighted by Crippen LogP contribution is -2.49. The molecule has 2 aromatic carbocycles. The second-order valence-corrected chi connectivity index (χ2v) is 10.0. The first kappa shape index (κ1) is 31.6. The van der Waals surface area contributed by atoms with Gasteiger partial charge in [0.05, 0.1) is 17.2 Å². The lowest BCUT2D eigenvalue weighted by Gasteiger charge is -2.32. The van der Waals surface area contributed by atoms with Crippen LogP contribution in [0.2, 0.25) is 0 Å². The van der Waals surface area contributed by atoms with Crippen molar-refractivity contribution < 1.29 is 28.7 Å². The molecule has 3 rings (SSSR count). The van der Waals surface area contributed by atoms with Crippen LogP contribution >= 0.6 is 0 Å². The Balaban J connectivity index is 1.73. The fourth-order valence-electron chi connectivity index (χ4n) is 4.63. The number of carbonyl (C=O) groups excluding carboxylic acids is 4. The van der Waals surface area contributed by atoms with E-state index < -0.39 is 18.2 Å². The van der Waals surface area contributed by atoms with Gasteiger partial charge in [-0.05, 0) is 37.0 Å². The molecule has 0 saturated carbocycles. The summed E-state index contributed by atoms with van der Waals surface area (Å²) < 4.78 is 10.7. The average Bonchev–Trinajstić information content (AvgIpc) is 3.23. The smallest absolute Gasteiger partial charge is 0.407 e. The summed E-state index contributed by atoms with van der Waals surface area (Å²) in [5.41, 5.74) is 1.76. The van der Waals surface area contributed by atoms with E-state index in [4.69, 9.17) is 9.47 Å². The molecular weight excluding hydrogens is 524 g/mol. The van der Waals surface area contributed by atoms with E-state index >= 15 is 0 Å². The van der Waals surface area contributed by atoms with Crippen LogP contribution in [0, 0.1) is 0 Å². The van der Waals surface area contributed by atoms with Gasteiger partial charge in [0, 0.05) is 32.7 Å². The van der Waals surface area contributed by atoms with Crippen molar-refractivity contribution in [3.05, 3.63) is 71.3 Å². The number of amides is 4. The van der Waals surface area contributed by atoms with E-state index in [0.717, 1.165) is 31.2 Å². The van der Waals surface area contributed by atoms with Crippen LogP contribution in [0.4, 0.5) is 9.59 Å². The number of imide groups is 1. The lowest BCUT2D eigenvalue weighted by atomic mass is 10.0. The molecule has 222 valence electrons.